The summed E-state index contributed by atoms with van der Waals surface area (Å²) in [4.78, 5) is 5.01. The van der Waals surface area contributed by atoms with Crippen molar-refractivity contribution in [2.75, 3.05) is 39.8 Å². The molecule has 3 heteroatoms. The Labute approximate surface area is 127 Å². The van der Waals surface area contributed by atoms with Crippen molar-refractivity contribution < 1.29 is 0 Å². The van der Waals surface area contributed by atoms with Gasteiger partial charge in [0, 0.05) is 44.3 Å². The molecule has 1 aromatic carbocycles. The van der Waals surface area contributed by atoms with E-state index in [1.165, 1.54) is 56.8 Å². The number of hydrogen-bond acceptors (Lipinski definition) is 2. The molecule has 1 aliphatic heterocycles. The lowest BCUT2D eigenvalue weighted by Crippen LogP contribution is -2.44. The first-order valence-electron chi connectivity index (χ1n) is 7.94. The summed E-state index contributed by atoms with van der Waals surface area (Å²) >= 11 is 0. The molecule has 3 rings (SSSR count). The Morgan fingerprint density at radius 1 is 0.952 bits per heavy atom. The Morgan fingerprint density at radius 2 is 1.71 bits per heavy atom. The number of rotatable bonds is 5. The summed E-state index contributed by atoms with van der Waals surface area (Å²) in [5.74, 6) is 0. The van der Waals surface area contributed by atoms with E-state index in [0.29, 0.717) is 0 Å². The number of aromatic nitrogens is 1. The van der Waals surface area contributed by atoms with Gasteiger partial charge in [-0.1, -0.05) is 12.1 Å². The maximum absolute atomic E-state index is 2.59. The molecular formula is C18H25N3. The van der Waals surface area contributed by atoms with Crippen molar-refractivity contribution in [2.45, 2.75) is 12.8 Å². The topological polar surface area (TPSA) is 11.4 Å². The molecule has 1 aromatic heterocycles. The highest BCUT2D eigenvalue weighted by Crippen LogP contribution is 2.13. The van der Waals surface area contributed by atoms with Gasteiger partial charge in [0.25, 0.3) is 0 Å². The molecule has 1 fully saturated rings. The summed E-state index contributed by atoms with van der Waals surface area (Å²) in [6, 6.07) is 13.0. The van der Waals surface area contributed by atoms with E-state index in [2.05, 4.69) is 70.2 Å². The highest BCUT2D eigenvalue weighted by molar-refractivity contribution is 5.36. The van der Waals surface area contributed by atoms with Crippen LogP contribution in [0.25, 0.3) is 5.69 Å². The number of nitrogens with zero attached hydrogens (tertiary/aromatic N) is 3. The minimum atomic E-state index is 1.17. The minimum absolute atomic E-state index is 1.17. The Bertz CT molecular complexity index is 539. The summed E-state index contributed by atoms with van der Waals surface area (Å²) in [7, 11) is 2.21. The zero-order valence-corrected chi connectivity index (χ0v) is 12.9. The normalized spacial score (nSPS) is 17.2. The van der Waals surface area contributed by atoms with Gasteiger partial charge in [-0.25, -0.2) is 0 Å². The monoisotopic (exact) mass is 283 g/mol. The number of piperazine rings is 1. The molecule has 0 aliphatic carbocycles. The largest absolute Gasteiger partial charge is 0.324 e. The van der Waals surface area contributed by atoms with Crippen molar-refractivity contribution in [3.63, 3.8) is 0 Å². The lowest BCUT2D eigenvalue weighted by molar-refractivity contribution is 0.153. The van der Waals surface area contributed by atoms with Crippen LogP contribution >= 0.6 is 0 Å². The molecule has 2 heterocycles. The maximum atomic E-state index is 2.59. The Morgan fingerprint density at radius 3 is 2.48 bits per heavy atom. The number of aryl methyl sites for hydroxylation is 1. The molecule has 1 aliphatic rings. The Hall–Kier alpha value is -1.58. The first kappa shape index (κ1) is 14.4. The average molecular weight is 283 g/mol. The second kappa shape index (κ2) is 6.92. The van der Waals surface area contributed by atoms with Crippen molar-refractivity contribution in [1.82, 2.24) is 14.4 Å². The van der Waals surface area contributed by atoms with Crippen LogP contribution < -0.4 is 0 Å². The molecule has 2 aromatic rings. The maximum Gasteiger partial charge on any atom is 0.0452 e. The fourth-order valence-corrected chi connectivity index (χ4v) is 2.96. The second-order valence-corrected chi connectivity index (χ2v) is 6.01. The van der Waals surface area contributed by atoms with E-state index in [4.69, 9.17) is 0 Å². The van der Waals surface area contributed by atoms with E-state index >= 15 is 0 Å². The Balaban J connectivity index is 1.50. The minimum Gasteiger partial charge on any atom is -0.324 e. The Kier molecular flexibility index (Phi) is 4.73. The molecule has 0 spiro atoms. The lowest BCUT2D eigenvalue weighted by atomic mass is 10.1. The molecule has 0 bridgehead atoms. The first-order chi connectivity index (χ1) is 10.3. The van der Waals surface area contributed by atoms with Gasteiger partial charge in [-0.2, -0.15) is 0 Å². The summed E-state index contributed by atoms with van der Waals surface area (Å²) in [6.45, 7) is 6.09. The van der Waals surface area contributed by atoms with Crippen LogP contribution in [0.3, 0.4) is 0 Å². The van der Waals surface area contributed by atoms with Gasteiger partial charge in [-0.05, 0) is 56.3 Å². The van der Waals surface area contributed by atoms with Crippen molar-refractivity contribution in [3.8, 4) is 5.69 Å². The van der Waals surface area contributed by atoms with Crippen LogP contribution in [0, 0.1) is 0 Å². The molecular weight excluding hydrogens is 258 g/mol. The van der Waals surface area contributed by atoms with E-state index in [9.17, 15) is 0 Å². The molecule has 3 nitrogen and oxygen atoms in total. The average Bonchev–Trinajstić information content (AvgIpc) is 3.04. The van der Waals surface area contributed by atoms with Gasteiger partial charge in [-0.3, -0.25) is 0 Å². The van der Waals surface area contributed by atoms with Crippen LogP contribution in [-0.4, -0.2) is 54.1 Å². The van der Waals surface area contributed by atoms with Gasteiger partial charge in [0.05, 0.1) is 0 Å². The molecule has 21 heavy (non-hydrogen) atoms. The standard InChI is InChI=1S/C18H25N3/c1-19-12-14-20(15-13-19)9-5-7-17-6-4-8-18(16-17)21-10-2-3-11-21/h2-4,6,8,10-11,16H,5,7,9,12-15H2,1H3. The lowest BCUT2D eigenvalue weighted by Gasteiger charge is -2.32. The number of benzene rings is 1. The molecule has 0 amide bonds. The molecule has 0 N–H and O–H groups in total. The number of hydrogen-bond donors (Lipinski definition) is 0. The van der Waals surface area contributed by atoms with Crippen LogP contribution in [-0.2, 0) is 6.42 Å². The van der Waals surface area contributed by atoms with Gasteiger partial charge in [0.2, 0.25) is 0 Å². The van der Waals surface area contributed by atoms with Crippen molar-refractivity contribution >= 4 is 0 Å². The molecule has 1 saturated heterocycles. The first-order valence-corrected chi connectivity index (χ1v) is 7.94. The molecule has 0 radical (unpaired) electrons. The summed E-state index contributed by atoms with van der Waals surface area (Å²) in [5.41, 5.74) is 2.70. The van der Waals surface area contributed by atoms with E-state index in [-0.39, 0.29) is 0 Å². The van der Waals surface area contributed by atoms with Crippen molar-refractivity contribution in [2.24, 2.45) is 0 Å². The van der Waals surface area contributed by atoms with E-state index in [0.717, 1.165) is 0 Å². The van der Waals surface area contributed by atoms with E-state index in [1.54, 1.807) is 0 Å². The van der Waals surface area contributed by atoms with E-state index < -0.39 is 0 Å². The summed E-state index contributed by atoms with van der Waals surface area (Å²) in [6.07, 6.45) is 6.62. The van der Waals surface area contributed by atoms with Crippen LogP contribution in [0.1, 0.15) is 12.0 Å². The highest BCUT2D eigenvalue weighted by atomic mass is 15.2. The second-order valence-electron chi connectivity index (χ2n) is 6.01. The predicted octanol–water partition coefficient (Wildman–Crippen LogP) is 2.66. The molecule has 0 atom stereocenters. The van der Waals surface area contributed by atoms with Crippen LogP contribution in [0.4, 0.5) is 0 Å². The van der Waals surface area contributed by atoms with Gasteiger partial charge in [0.15, 0.2) is 0 Å². The quantitative estimate of drug-likeness (QED) is 0.836. The third kappa shape index (κ3) is 3.96. The van der Waals surface area contributed by atoms with Crippen LogP contribution in [0.2, 0.25) is 0 Å². The van der Waals surface area contributed by atoms with Crippen molar-refractivity contribution in [1.29, 1.82) is 0 Å². The SMILES string of the molecule is CN1CCN(CCCc2cccc(-n3cccc3)c2)CC1. The van der Waals surface area contributed by atoms with Crippen LogP contribution in [0.5, 0.6) is 0 Å². The van der Waals surface area contributed by atoms with Gasteiger partial charge >= 0.3 is 0 Å². The third-order valence-electron chi connectivity index (χ3n) is 4.35. The van der Waals surface area contributed by atoms with Gasteiger partial charge < -0.3 is 14.4 Å². The smallest absolute Gasteiger partial charge is 0.0452 e. The molecule has 0 unspecified atom stereocenters. The summed E-state index contributed by atoms with van der Waals surface area (Å²) < 4.78 is 2.17. The number of likely N-dealkylation sites (N-methyl/N-ethyl adjacent to an activating group) is 1. The zero-order valence-electron chi connectivity index (χ0n) is 12.9. The van der Waals surface area contributed by atoms with Gasteiger partial charge in [0.1, 0.15) is 0 Å². The van der Waals surface area contributed by atoms with Crippen LogP contribution in [0.15, 0.2) is 48.8 Å². The molecule has 0 saturated carbocycles. The fraction of sp³-hybridized carbons (Fsp3) is 0.444. The third-order valence-corrected chi connectivity index (χ3v) is 4.35. The van der Waals surface area contributed by atoms with Gasteiger partial charge in [-0.15, -0.1) is 0 Å². The predicted molar refractivity (Wildman–Crippen MR) is 88.0 cm³/mol. The zero-order chi connectivity index (χ0) is 14.5. The molecule has 112 valence electrons. The summed E-state index contributed by atoms with van der Waals surface area (Å²) in [5, 5.41) is 0. The van der Waals surface area contributed by atoms with E-state index in [1.807, 2.05) is 0 Å². The van der Waals surface area contributed by atoms with Crippen molar-refractivity contribution in [3.05, 3.63) is 54.4 Å². The fourth-order valence-electron chi connectivity index (χ4n) is 2.96. The highest BCUT2D eigenvalue weighted by Gasteiger charge is 2.12.